The van der Waals surface area contributed by atoms with Crippen LogP contribution in [0.3, 0.4) is 0 Å². The van der Waals surface area contributed by atoms with Crippen LogP contribution in [-0.4, -0.2) is 48.8 Å². The maximum atomic E-state index is 5.39. The quantitative estimate of drug-likeness (QED) is 0.830. The van der Waals surface area contributed by atoms with Crippen LogP contribution in [0.2, 0.25) is 0 Å². The Hall–Kier alpha value is -0.940. The van der Waals surface area contributed by atoms with E-state index in [9.17, 15) is 0 Å². The van der Waals surface area contributed by atoms with Gasteiger partial charge >= 0.3 is 0 Å². The van der Waals surface area contributed by atoms with Crippen LogP contribution >= 0.6 is 0 Å². The minimum atomic E-state index is 0.403. The molecule has 1 fully saturated rings. The molecular formula is C12H22N4O. The van der Waals surface area contributed by atoms with Gasteiger partial charge in [-0.25, -0.2) is 0 Å². The minimum absolute atomic E-state index is 0.403. The zero-order valence-electron chi connectivity index (χ0n) is 10.9. The topological polar surface area (TPSA) is 54.2 Å². The number of hydrogen-bond donors (Lipinski definition) is 1. The lowest BCUT2D eigenvalue weighted by molar-refractivity contribution is 0.330. The van der Waals surface area contributed by atoms with E-state index in [1.54, 1.807) is 0 Å². The smallest absolute Gasteiger partial charge is 0.231 e. The molecule has 0 aliphatic heterocycles. The van der Waals surface area contributed by atoms with Gasteiger partial charge in [0.25, 0.3) is 0 Å². The Morgan fingerprint density at radius 2 is 2.24 bits per heavy atom. The van der Waals surface area contributed by atoms with Crippen LogP contribution in [0.5, 0.6) is 0 Å². The average Bonchev–Trinajstić information content (AvgIpc) is 2.94. The van der Waals surface area contributed by atoms with Gasteiger partial charge in [0.15, 0.2) is 5.82 Å². The van der Waals surface area contributed by atoms with Gasteiger partial charge in [0.1, 0.15) is 0 Å². The maximum Gasteiger partial charge on any atom is 0.231 e. The van der Waals surface area contributed by atoms with Crippen molar-refractivity contribution in [3.8, 4) is 0 Å². The largest absolute Gasteiger partial charge is 0.339 e. The second-order valence-corrected chi connectivity index (χ2v) is 5.03. The first kappa shape index (κ1) is 12.5. The van der Waals surface area contributed by atoms with E-state index in [-0.39, 0.29) is 0 Å². The Kier molecular flexibility index (Phi) is 4.12. The fourth-order valence-corrected chi connectivity index (χ4v) is 2.44. The summed E-state index contributed by atoms with van der Waals surface area (Å²) < 4.78 is 5.39. The average molecular weight is 238 g/mol. The fourth-order valence-electron chi connectivity index (χ4n) is 2.44. The van der Waals surface area contributed by atoms with Crippen molar-refractivity contribution >= 4 is 0 Å². The van der Waals surface area contributed by atoms with E-state index in [0.29, 0.717) is 12.0 Å². The number of aromatic nitrogens is 2. The van der Waals surface area contributed by atoms with Crippen molar-refractivity contribution in [3.05, 3.63) is 11.7 Å². The van der Waals surface area contributed by atoms with Crippen LogP contribution in [0.4, 0.5) is 0 Å². The minimum Gasteiger partial charge on any atom is -0.339 e. The Morgan fingerprint density at radius 1 is 1.41 bits per heavy atom. The van der Waals surface area contributed by atoms with Gasteiger partial charge in [-0.05, 0) is 34.0 Å². The van der Waals surface area contributed by atoms with Crippen LogP contribution in [-0.2, 0) is 6.42 Å². The number of rotatable bonds is 5. The summed E-state index contributed by atoms with van der Waals surface area (Å²) in [6.07, 6.45) is 4.45. The van der Waals surface area contributed by atoms with Crippen molar-refractivity contribution in [2.45, 2.75) is 37.6 Å². The fraction of sp³-hybridized carbons (Fsp3) is 0.833. The van der Waals surface area contributed by atoms with E-state index in [0.717, 1.165) is 31.1 Å². The third-order valence-corrected chi connectivity index (χ3v) is 3.47. The summed E-state index contributed by atoms with van der Waals surface area (Å²) in [7, 11) is 6.11. The number of nitrogens with one attached hydrogen (secondary N) is 1. The van der Waals surface area contributed by atoms with Gasteiger partial charge in [0.05, 0.1) is 5.92 Å². The van der Waals surface area contributed by atoms with Gasteiger partial charge in [0, 0.05) is 19.0 Å². The second kappa shape index (κ2) is 5.60. The van der Waals surface area contributed by atoms with E-state index >= 15 is 0 Å². The molecule has 0 aromatic carbocycles. The Morgan fingerprint density at radius 3 is 2.94 bits per heavy atom. The molecule has 0 amide bonds. The summed E-state index contributed by atoms with van der Waals surface area (Å²) in [6, 6.07) is 0.497. The van der Waals surface area contributed by atoms with Gasteiger partial charge < -0.3 is 14.7 Å². The first-order valence-electron chi connectivity index (χ1n) is 6.35. The third-order valence-electron chi connectivity index (χ3n) is 3.47. The van der Waals surface area contributed by atoms with Crippen molar-refractivity contribution in [1.82, 2.24) is 20.4 Å². The molecule has 1 saturated carbocycles. The van der Waals surface area contributed by atoms with Gasteiger partial charge in [-0.15, -0.1) is 0 Å². The number of hydrogen-bond acceptors (Lipinski definition) is 5. The SMILES string of the molecule is CNC1CCCC1c1nc(CCN(C)C)no1. The summed E-state index contributed by atoms with van der Waals surface area (Å²) in [5, 5.41) is 7.40. The predicted molar refractivity (Wildman–Crippen MR) is 66.0 cm³/mol. The van der Waals surface area contributed by atoms with Crippen molar-refractivity contribution in [3.63, 3.8) is 0 Å². The van der Waals surface area contributed by atoms with Crippen LogP contribution < -0.4 is 5.32 Å². The lowest BCUT2D eigenvalue weighted by Gasteiger charge is -2.14. The van der Waals surface area contributed by atoms with Gasteiger partial charge in [-0.2, -0.15) is 4.98 Å². The first-order valence-corrected chi connectivity index (χ1v) is 6.35. The molecule has 96 valence electrons. The summed E-state index contributed by atoms with van der Waals surface area (Å²) >= 11 is 0. The van der Waals surface area contributed by atoms with Crippen molar-refractivity contribution in [2.24, 2.45) is 0 Å². The second-order valence-electron chi connectivity index (χ2n) is 5.03. The first-order chi connectivity index (χ1) is 8.20. The van der Waals surface area contributed by atoms with E-state index in [1.807, 2.05) is 7.05 Å². The summed E-state index contributed by atoms with van der Waals surface area (Å²) in [6.45, 7) is 0.957. The van der Waals surface area contributed by atoms with Crippen LogP contribution in [0.1, 0.15) is 36.9 Å². The lowest BCUT2D eigenvalue weighted by Crippen LogP contribution is -2.27. The maximum absolute atomic E-state index is 5.39. The molecule has 0 bridgehead atoms. The Balaban J connectivity index is 1.97. The number of likely N-dealkylation sites (N-methyl/N-ethyl adjacent to an activating group) is 2. The molecule has 1 aliphatic carbocycles. The highest BCUT2D eigenvalue weighted by Gasteiger charge is 2.31. The van der Waals surface area contributed by atoms with Crippen molar-refractivity contribution in [2.75, 3.05) is 27.7 Å². The van der Waals surface area contributed by atoms with Gasteiger partial charge in [0.2, 0.25) is 5.89 Å². The molecule has 1 heterocycles. The molecular weight excluding hydrogens is 216 g/mol. The molecule has 2 atom stereocenters. The highest BCUT2D eigenvalue weighted by molar-refractivity contribution is 5.02. The Bertz CT molecular complexity index is 350. The standard InChI is InChI=1S/C12H22N4O/c1-13-10-6-4-5-9(10)12-14-11(15-17-12)7-8-16(2)3/h9-10,13H,4-8H2,1-3H3. The highest BCUT2D eigenvalue weighted by Crippen LogP contribution is 2.33. The monoisotopic (exact) mass is 238 g/mol. The van der Waals surface area contributed by atoms with E-state index in [4.69, 9.17) is 4.52 Å². The van der Waals surface area contributed by atoms with E-state index in [2.05, 4.69) is 34.5 Å². The molecule has 1 aromatic rings. The van der Waals surface area contributed by atoms with Gasteiger partial charge in [-0.3, -0.25) is 0 Å². The summed E-state index contributed by atoms with van der Waals surface area (Å²) in [5.41, 5.74) is 0. The molecule has 17 heavy (non-hydrogen) atoms. The van der Waals surface area contributed by atoms with Crippen LogP contribution in [0.15, 0.2) is 4.52 Å². The van der Waals surface area contributed by atoms with E-state index < -0.39 is 0 Å². The molecule has 0 saturated heterocycles. The molecule has 2 unspecified atom stereocenters. The van der Waals surface area contributed by atoms with Crippen molar-refractivity contribution in [1.29, 1.82) is 0 Å². The number of nitrogens with zero attached hydrogens (tertiary/aromatic N) is 3. The normalized spacial score (nSPS) is 24.7. The van der Waals surface area contributed by atoms with Crippen molar-refractivity contribution < 1.29 is 4.52 Å². The summed E-state index contributed by atoms with van der Waals surface area (Å²) in [4.78, 5) is 6.64. The Labute approximate surface area is 103 Å². The molecule has 0 radical (unpaired) electrons. The predicted octanol–water partition coefficient (Wildman–Crippen LogP) is 1.03. The van der Waals surface area contributed by atoms with Crippen LogP contribution in [0, 0.1) is 0 Å². The molecule has 2 rings (SSSR count). The van der Waals surface area contributed by atoms with E-state index in [1.165, 1.54) is 12.8 Å². The molecule has 1 aliphatic rings. The molecule has 0 spiro atoms. The highest BCUT2D eigenvalue weighted by atomic mass is 16.5. The zero-order valence-corrected chi connectivity index (χ0v) is 10.9. The molecule has 5 nitrogen and oxygen atoms in total. The molecule has 1 aromatic heterocycles. The van der Waals surface area contributed by atoms with Gasteiger partial charge in [-0.1, -0.05) is 11.6 Å². The third kappa shape index (κ3) is 3.04. The summed E-state index contributed by atoms with van der Waals surface area (Å²) in [5.74, 6) is 2.05. The molecule has 1 N–H and O–H groups in total. The zero-order chi connectivity index (χ0) is 12.3. The lowest BCUT2D eigenvalue weighted by atomic mass is 10.0. The van der Waals surface area contributed by atoms with Crippen LogP contribution in [0.25, 0.3) is 0 Å². The molecule has 5 heteroatoms.